The number of rotatable bonds is 5. The van der Waals surface area contributed by atoms with Crippen LogP contribution < -0.4 is 11.1 Å². The number of benzene rings is 2. The summed E-state index contributed by atoms with van der Waals surface area (Å²) in [4.78, 5) is 10.9. The highest BCUT2D eigenvalue weighted by molar-refractivity contribution is 9.10. The molecule has 0 spiro atoms. The number of halogens is 1. The van der Waals surface area contributed by atoms with Crippen LogP contribution in [0.2, 0.25) is 0 Å². The van der Waals surface area contributed by atoms with Gasteiger partial charge in [-0.05, 0) is 36.2 Å². The summed E-state index contributed by atoms with van der Waals surface area (Å²) in [5, 5.41) is 12.1. The predicted octanol–water partition coefficient (Wildman–Crippen LogP) is 3.38. The van der Waals surface area contributed by atoms with Crippen molar-refractivity contribution < 1.29 is 9.90 Å². The Hall–Kier alpha value is -2.01. The SMILES string of the molecule is Nc1ccc(C(=O)O)cc1NCCc1ccccc1Br. The lowest BCUT2D eigenvalue weighted by Crippen LogP contribution is -2.08. The molecular formula is C15H15BrN2O2. The fourth-order valence-corrected chi connectivity index (χ4v) is 2.36. The van der Waals surface area contributed by atoms with Crippen LogP contribution >= 0.6 is 15.9 Å². The van der Waals surface area contributed by atoms with Crippen LogP contribution in [0, 0.1) is 0 Å². The second-order valence-electron chi connectivity index (χ2n) is 4.38. The maximum atomic E-state index is 10.9. The van der Waals surface area contributed by atoms with E-state index < -0.39 is 5.97 Å². The number of carboxylic acids is 1. The van der Waals surface area contributed by atoms with Gasteiger partial charge in [0, 0.05) is 11.0 Å². The monoisotopic (exact) mass is 334 g/mol. The van der Waals surface area contributed by atoms with E-state index in [9.17, 15) is 4.79 Å². The normalized spacial score (nSPS) is 10.2. The fraction of sp³-hybridized carbons (Fsp3) is 0.133. The first-order valence-electron chi connectivity index (χ1n) is 6.18. The van der Waals surface area contributed by atoms with Gasteiger partial charge < -0.3 is 16.2 Å². The van der Waals surface area contributed by atoms with Crippen molar-refractivity contribution in [1.29, 1.82) is 0 Å². The van der Waals surface area contributed by atoms with Gasteiger partial charge in [0.1, 0.15) is 0 Å². The van der Waals surface area contributed by atoms with Crippen LogP contribution in [-0.4, -0.2) is 17.6 Å². The van der Waals surface area contributed by atoms with E-state index in [4.69, 9.17) is 10.8 Å². The zero-order valence-corrected chi connectivity index (χ0v) is 12.4. The summed E-state index contributed by atoms with van der Waals surface area (Å²) in [5.41, 5.74) is 8.44. The number of hydrogen-bond acceptors (Lipinski definition) is 3. The van der Waals surface area contributed by atoms with Crippen LogP contribution in [0.4, 0.5) is 11.4 Å². The smallest absolute Gasteiger partial charge is 0.335 e. The van der Waals surface area contributed by atoms with Crippen molar-refractivity contribution in [3.05, 3.63) is 58.1 Å². The number of hydrogen-bond donors (Lipinski definition) is 3. The molecule has 20 heavy (non-hydrogen) atoms. The van der Waals surface area contributed by atoms with E-state index in [1.165, 1.54) is 11.6 Å². The van der Waals surface area contributed by atoms with Gasteiger partial charge in [0.2, 0.25) is 0 Å². The Kier molecular flexibility index (Phi) is 4.63. The molecule has 0 aliphatic rings. The third-order valence-electron chi connectivity index (χ3n) is 2.97. The number of nitrogens with one attached hydrogen (secondary N) is 1. The Morgan fingerprint density at radius 1 is 1.25 bits per heavy atom. The maximum Gasteiger partial charge on any atom is 0.335 e. The van der Waals surface area contributed by atoms with Crippen LogP contribution in [0.3, 0.4) is 0 Å². The van der Waals surface area contributed by atoms with Gasteiger partial charge >= 0.3 is 5.97 Å². The van der Waals surface area contributed by atoms with E-state index in [1.807, 2.05) is 24.3 Å². The highest BCUT2D eigenvalue weighted by atomic mass is 79.9. The lowest BCUT2D eigenvalue weighted by atomic mass is 10.1. The molecule has 0 amide bonds. The summed E-state index contributed by atoms with van der Waals surface area (Å²) in [6.07, 6.45) is 0.818. The molecule has 0 saturated carbocycles. The summed E-state index contributed by atoms with van der Waals surface area (Å²) in [7, 11) is 0. The Balaban J connectivity index is 2.02. The predicted molar refractivity (Wildman–Crippen MR) is 84.1 cm³/mol. The van der Waals surface area contributed by atoms with Crippen molar-refractivity contribution in [2.75, 3.05) is 17.6 Å². The lowest BCUT2D eigenvalue weighted by Gasteiger charge is -2.11. The van der Waals surface area contributed by atoms with Gasteiger partial charge in [-0.25, -0.2) is 4.79 Å². The summed E-state index contributed by atoms with van der Waals surface area (Å²) in [5.74, 6) is -0.959. The average molecular weight is 335 g/mol. The quantitative estimate of drug-likeness (QED) is 0.732. The molecule has 104 valence electrons. The summed E-state index contributed by atoms with van der Waals surface area (Å²) in [6.45, 7) is 0.676. The van der Waals surface area contributed by atoms with Gasteiger partial charge in [0.25, 0.3) is 0 Å². The van der Waals surface area contributed by atoms with E-state index >= 15 is 0 Å². The summed E-state index contributed by atoms with van der Waals surface area (Å²) < 4.78 is 1.06. The van der Waals surface area contributed by atoms with Crippen LogP contribution in [-0.2, 0) is 6.42 Å². The molecule has 2 aromatic carbocycles. The molecule has 0 aromatic heterocycles. The van der Waals surface area contributed by atoms with Crippen LogP contribution in [0.1, 0.15) is 15.9 Å². The van der Waals surface area contributed by atoms with Crippen LogP contribution in [0.25, 0.3) is 0 Å². The molecule has 0 fully saturated rings. The van der Waals surface area contributed by atoms with Crippen molar-refractivity contribution >= 4 is 33.3 Å². The van der Waals surface area contributed by atoms with Gasteiger partial charge in [-0.15, -0.1) is 0 Å². The first-order chi connectivity index (χ1) is 9.58. The molecule has 0 bridgehead atoms. The maximum absolute atomic E-state index is 10.9. The number of anilines is 2. The molecule has 0 saturated heterocycles. The fourth-order valence-electron chi connectivity index (χ4n) is 1.88. The van der Waals surface area contributed by atoms with Gasteiger partial charge in [-0.1, -0.05) is 34.1 Å². The van der Waals surface area contributed by atoms with Gasteiger partial charge in [0.05, 0.1) is 16.9 Å². The second-order valence-corrected chi connectivity index (χ2v) is 5.23. The van der Waals surface area contributed by atoms with E-state index in [2.05, 4.69) is 21.2 Å². The molecule has 0 heterocycles. The van der Waals surface area contributed by atoms with Crippen LogP contribution in [0.5, 0.6) is 0 Å². The highest BCUT2D eigenvalue weighted by Crippen LogP contribution is 2.21. The molecule has 0 aliphatic heterocycles. The number of nitrogen functional groups attached to an aromatic ring is 1. The minimum absolute atomic E-state index is 0.225. The van der Waals surface area contributed by atoms with Crippen LogP contribution in [0.15, 0.2) is 46.9 Å². The molecule has 2 rings (SSSR count). The first-order valence-corrected chi connectivity index (χ1v) is 6.97. The highest BCUT2D eigenvalue weighted by Gasteiger charge is 2.06. The van der Waals surface area contributed by atoms with E-state index in [0.717, 1.165) is 10.9 Å². The van der Waals surface area contributed by atoms with Crippen molar-refractivity contribution in [3.8, 4) is 0 Å². The lowest BCUT2D eigenvalue weighted by molar-refractivity contribution is 0.0697. The topological polar surface area (TPSA) is 75.4 Å². The minimum atomic E-state index is -0.959. The average Bonchev–Trinajstić information content (AvgIpc) is 2.42. The number of carbonyl (C=O) groups is 1. The Labute approximate surface area is 125 Å². The molecule has 2 aromatic rings. The number of nitrogens with two attached hydrogens (primary N) is 1. The van der Waals surface area contributed by atoms with Crippen molar-refractivity contribution in [2.24, 2.45) is 0 Å². The zero-order valence-electron chi connectivity index (χ0n) is 10.8. The molecular weight excluding hydrogens is 320 g/mol. The number of carboxylic acid groups (broad SMARTS) is 1. The van der Waals surface area contributed by atoms with Gasteiger partial charge in [-0.2, -0.15) is 0 Å². The van der Waals surface area contributed by atoms with Gasteiger partial charge in [0.15, 0.2) is 0 Å². The first kappa shape index (κ1) is 14.4. The standard InChI is InChI=1S/C15H15BrN2O2/c16-12-4-2-1-3-10(12)7-8-18-14-9-11(15(19)20)5-6-13(14)17/h1-6,9,18H,7-8,17H2,(H,19,20). The van der Waals surface area contributed by atoms with Crippen molar-refractivity contribution in [3.63, 3.8) is 0 Å². The van der Waals surface area contributed by atoms with E-state index in [-0.39, 0.29) is 5.56 Å². The molecule has 0 unspecified atom stereocenters. The van der Waals surface area contributed by atoms with E-state index in [1.54, 1.807) is 12.1 Å². The number of aromatic carboxylic acids is 1. The zero-order chi connectivity index (χ0) is 14.5. The minimum Gasteiger partial charge on any atom is -0.478 e. The largest absolute Gasteiger partial charge is 0.478 e. The third kappa shape index (κ3) is 3.51. The third-order valence-corrected chi connectivity index (χ3v) is 3.74. The Morgan fingerprint density at radius 2 is 2.00 bits per heavy atom. The molecule has 0 aliphatic carbocycles. The van der Waals surface area contributed by atoms with E-state index in [0.29, 0.717) is 17.9 Å². The molecule has 0 atom stereocenters. The summed E-state index contributed by atoms with van der Waals surface area (Å²) >= 11 is 3.50. The Bertz CT molecular complexity index is 629. The molecule has 4 nitrogen and oxygen atoms in total. The second kappa shape index (κ2) is 6.43. The Morgan fingerprint density at radius 3 is 2.70 bits per heavy atom. The van der Waals surface area contributed by atoms with Crippen molar-refractivity contribution in [1.82, 2.24) is 0 Å². The van der Waals surface area contributed by atoms with Gasteiger partial charge in [-0.3, -0.25) is 0 Å². The molecule has 4 N–H and O–H groups in total. The summed E-state index contributed by atoms with van der Waals surface area (Å²) in [6, 6.07) is 12.6. The molecule has 5 heteroatoms. The molecule has 0 radical (unpaired) electrons. The van der Waals surface area contributed by atoms with Crippen molar-refractivity contribution in [2.45, 2.75) is 6.42 Å².